The molecular formula is C11H20N2O5S. The number of morpholine rings is 1. The van der Waals surface area contributed by atoms with Gasteiger partial charge in [0.25, 0.3) is 0 Å². The van der Waals surface area contributed by atoms with Gasteiger partial charge in [-0.3, -0.25) is 4.79 Å². The molecule has 0 aliphatic carbocycles. The molecular weight excluding hydrogens is 272 g/mol. The van der Waals surface area contributed by atoms with Crippen LogP contribution < -0.4 is 0 Å². The Bertz CT molecular complexity index is 452. The third kappa shape index (κ3) is 3.44. The summed E-state index contributed by atoms with van der Waals surface area (Å²) in [7, 11) is -3.29. The number of amides is 1. The molecule has 0 aromatic carbocycles. The summed E-state index contributed by atoms with van der Waals surface area (Å²) in [6, 6.07) is 0. The van der Waals surface area contributed by atoms with E-state index < -0.39 is 15.6 Å². The molecule has 1 atom stereocenters. The van der Waals surface area contributed by atoms with Crippen molar-refractivity contribution in [3.8, 4) is 0 Å². The average molecular weight is 292 g/mol. The van der Waals surface area contributed by atoms with Gasteiger partial charge in [-0.2, -0.15) is 4.31 Å². The highest BCUT2D eigenvalue weighted by molar-refractivity contribution is 7.88. The molecule has 1 unspecified atom stereocenters. The summed E-state index contributed by atoms with van der Waals surface area (Å²) >= 11 is 0. The second-order valence-corrected chi connectivity index (χ2v) is 7.10. The van der Waals surface area contributed by atoms with Crippen molar-refractivity contribution in [2.24, 2.45) is 0 Å². The van der Waals surface area contributed by atoms with Gasteiger partial charge in [0.2, 0.25) is 15.9 Å². The van der Waals surface area contributed by atoms with E-state index in [9.17, 15) is 13.2 Å². The van der Waals surface area contributed by atoms with Gasteiger partial charge in [0, 0.05) is 26.6 Å². The summed E-state index contributed by atoms with van der Waals surface area (Å²) in [4.78, 5) is 13.2. The lowest BCUT2D eigenvalue weighted by Crippen LogP contribution is -2.60. The molecule has 110 valence electrons. The molecule has 8 heteroatoms. The fourth-order valence-corrected chi connectivity index (χ4v) is 3.33. The minimum absolute atomic E-state index is 0.0298. The van der Waals surface area contributed by atoms with Crippen molar-refractivity contribution in [2.75, 3.05) is 52.3 Å². The fourth-order valence-electron chi connectivity index (χ4n) is 2.45. The molecule has 7 nitrogen and oxygen atoms in total. The number of hydrogen-bond donors (Lipinski definition) is 0. The van der Waals surface area contributed by atoms with Crippen LogP contribution in [0.1, 0.15) is 6.92 Å². The smallest absolute Gasteiger partial charge is 0.219 e. The highest BCUT2D eigenvalue weighted by Gasteiger charge is 2.42. The summed E-state index contributed by atoms with van der Waals surface area (Å²) in [6.45, 7) is 4.02. The van der Waals surface area contributed by atoms with Crippen molar-refractivity contribution in [1.29, 1.82) is 0 Å². The van der Waals surface area contributed by atoms with Crippen molar-refractivity contribution < 1.29 is 22.7 Å². The van der Waals surface area contributed by atoms with Crippen molar-refractivity contribution >= 4 is 15.9 Å². The number of rotatable bonds is 1. The first-order valence-electron chi connectivity index (χ1n) is 6.25. The quantitative estimate of drug-likeness (QED) is 0.613. The van der Waals surface area contributed by atoms with Gasteiger partial charge in [-0.25, -0.2) is 8.42 Å². The number of nitrogens with zero attached hydrogens (tertiary/aromatic N) is 2. The second-order valence-electron chi connectivity index (χ2n) is 5.12. The Morgan fingerprint density at radius 1 is 1.21 bits per heavy atom. The van der Waals surface area contributed by atoms with Gasteiger partial charge in [-0.1, -0.05) is 0 Å². The zero-order valence-electron chi connectivity index (χ0n) is 11.3. The second kappa shape index (κ2) is 5.35. The molecule has 2 aliphatic rings. The Kier molecular flexibility index (Phi) is 4.14. The lowest BCUT2D eigenvalue weighted by Gasteiger charge is -2.42. The molecule has 0 saturated carbocycles. The van der Waals surface area contributed by atoms with Crippen LogP contribution in [0, 0.1) is 0 Å². The molecule has 2 aliphatic heterocycles. The minimum atomic E-state index is -3.29. The molecule has 1 spiro atoms. The highest BCUT2D eigenvalue weighted by Crippen LogP contribution is 2.23. The maximum absolute atomic E-state index is 11.7. The fraction of sp³-hybridized carbons (Fsp3) is 0.909. The first kappa shape index (κ1) is 14.7. The molecule has 2 fully saturated rings. The minimum Gasteiger partial charge on any atom is -0.377 e. The summed E-state index contributed by atoms with van der Waals surface area (Å²) in [5.74, 6) is -0.0298. The van der Waals surface area contributed by atoms with Crippen LogP contribution in [0.3, 0.4) is 0 Å². The van der Waals surface area contributed by atoms with Gasteiger partial charge >= 0.3 is 0 Å². The first-order valence-corrected chi connectivity index (χ1v) is 8.10. The molecule has 2 rings (SSSR count). The van der Waals surface area contributed by atoms with Crippen LogP contribution in [-0.2, 0) is 24.3 Å². The van der Waals surface area contributed by atoms with Gasteiger partial charge in [-0.15, -0.1) is 0 Å². The predicted octanol–water partition coefficient (Wildman–Crippen LogP) is -1.10. The van der Waals surface area contributed by atoms with Gasteiger partial charge in [0.15, 0.2) is 0 Å². The lowest BCUT2D eigenvalue weighted by molar-refractivity contribution is -0.158. The predicted molar refractivity (Wildman–Crippen MR) is 68.2 cm³/mol. The van der Waals surface area contributed by atoms with E-state index in [0.717, 1.165) is 0 Å². The molecule has 2 saturated heterocycles. The Morgan fingerprint density at radius 3 is 2.58 bits per heavy atom. The van der Waals surface area contributed by atoms with E-state index in [1.807, 2.05) is 0 Å². The summed E-state index contributed by atoms with van der Waals surface area (Å²) < 4.78 is 36.0. The standard InChI is InChI=1S/C11H20N2O5S/c1-10(14)12-3-6-18-11(7-12)8-13(19(2,15)16)4-5-17-9-11/h3-9H2,1-2H3. The lowest BCUT2D eigenvalue weighted by atomic mass is 10.0. The Balaban J connectivity index is 2.18. The van der Waals surface area contributed by atoms with Crippen molar-refractivity contribution in [3.63, 3.8) is 0 Å². The molecule has 1 amide bonds. The van der Waals surface area contributed by atoms with E-state index in [0.29, 0.717) is 39.5 Å². The maximum Gasteiger partial charge on any atom is 0.219 e. The van der Waals surface area contributed by atoms with Crippen LogP contribution >= 0.6 is 0 Å². The number of carbonyl (C=O) groups is 1. The molecule has 0 N–H and O–H groups in total. The molecule has 0 bridgehead atoms. The summed E-state index contributed by atoms with van der Waals surface area (Å²) in [5.41, 5.74) is -0.747. The molecule has 0 aromatic rings. The molecule has 0 radical (unpaired) electrons. The van der Waals surface area contributed by atoms with Gasteiger partial charge in [0.1, 0.15) is 5.60 Å². The Hall–Kier alpha value is -0.700. The van der Waals surface area contributed by atoms with Crippen LogP contribution in [0.15, 0.2) is 0 Å². The highest BCUT2D eigenvalue weighted by atomic mass is 32.2. The number of sulfonamides is 1. The number of carbonyl (C=O) groups excluding carboxylic acids is 1. The van der Waals surface area contributed by atoms with Crippen LogP contribution in [0.4, 0.5) is 0 Å². The molecule has 0 aromatic heterocycles. The summed E-state index contributed by atoms with van der Waals surface area (Å²) in [5, 5.41) is 0. The first-order chi connectivity index (χ1) is 8.82. The van der Waals surface area contributed by atoms with Crippen molar-refractivity contribution in [3.05, 3.63) is 0 Å². The maximum atomic E-state index is 11.7. The summed E-state index contributed by atoms with van der Waals surface area (Å²) in [6.07, 6.45) is 1.18. The van der Waals surface area contributed by atoms with Gasteiger partial charge < -0.3 is 14.4 Å². The van der Waals surface area contributed by atoms with Gasteiger partial charge in [0.05, 0.1) is 32.6 Å². The van der Waals surface area contributed by atoms with Crippen LogP contribution in [0.25, 0.3) is 0 Å². The number of hydrogen-bond acceptors (Lipinski definition) is 5. The zero-order chi connectivity index (χ0) is 14.1. The van der Waals surface area contributed by atoms with Crippen molar-refractivity contribution in [1.82, 2.24) is 9.21 Å². The normalized spacial score (nSPS) is 30.3. The van der Waals surface area contributed by atoms with Gasteiger partial charge in [-0.05, 0) is 0 Å². The Labute approximate surface area is 113 Å². The largest absolute Gasteiger partial charge is 0.377 e. The third-order valence-corrected chi connectivity index (χ3v) is 4.73. The van der Waals surface area contributed by atoms with E-state index >= 15 is 0 Å². The third-order valence-electron chi connectivity index (χ3n) is 3.48. The van der Waals surface area contributed by atoms with Crippen LogP contribution in [-0.4, -0.2) is 81.4 Å². The van der Waals surface area contributed by atoms with E-state index in [4.69, 9.17) is 9.47 Å². The van der Waals surface area contributed by atoms with E-state index in [1.165, 1.54) is 17.5 Å². The molecule has 19 heavy (non-hydrogen) atoms. The monoisotopic (exact) mass is 292 g/mol. The number of ether oxygens (including phenoxy) is 2. The van der Waals surface area contributed by atoms with Crippen molar-refractivity contribution in [2.45, 2.75) is 12.5 Å². The molecule has 2 heterocycles. The Morgan fingerprint density at radius 2 is 1.95 bits per heavy atom. The SMILES string of the molecule is CC(=O)N1CCOC2(COCCN(S(C)(=O)=O)C2)C1. The van der Waals surface area contributed by atoms with E-state index in [-0.39, 0.29) is 12.5 Å². The van der Waals surface area contributed by atoms with Crippen LogP contribution in [0.2, 0.25) is 0 Å². The van der Waals surface area contributed by atoms with E-state index in [1.54, 1.807) is 4.90 Å². The average Bonchev–Trinajstić information content (AvgIpc) is 2.52. The zero-order valence-corrected chi connectivity index (χ0v) is 12.1. The van der Waals surface area contributed by atoms with E-state index in [2.05, 4.69) is 0 Å². The topological polar surface area (TPSA) is 76.2 Å². The van der Waals surface area contributed by atoms with Crippen LogP contribution in [0.5, 0.6) is 0 Å².